The van der Waals surface area contributed by atoms with E-state index >= 15 is 0 Å². The molecule has 1 saturated carbocycles. The standard InChI is InChI=1S/C10H13ClOS/c11-8-6-9(7-8)12-4-3-10-2-1-5-13-10/h1-2,5,8-9H,3-4,6-7H2. The largest absolute Gasteiger partial charge is 0.378 e. The van der Waals surface area contributed by atoms with Crippen molar-refractivity contribution in [1.82, 2.24) is 0 Å². The number of hydrogen-bond acceptors (Lipinski definition) is 2. The Morgan fingerprint density at radius 3 is 3.00 bits per heavy atom. The molecule has 0 N–H and O–H groups in total. The third kappa shape index (κ3) is 2.70. The third-order valence-electron chi connectivity index (χ3n) is 2.32. The van der Waals surface area contributed by atoms with Crippen molar-refractivity contribution in [3.05, 3.63) is 22.4 Å². The molecule has 0 aliphatic heterocycles. The lowest BCUT2D eigenvalue weighted by Crippen LogP contribution is -2.32. The molecule has 3 heteroatoms. The van der Waals surface area contributed by atoms with E-state index in [1.54, 1.807) is 11.3 Å². The van der Waals surface area contributed by atoms with Crippen LogP contribution in [-0.2, 0) is 11.2 Å². The van der Waals surface area contributed by atoms with Gasteiger partial charge in [0.2, 0.25) is 0 Å². The Balaban J connectivity index is 1.59. The van der Waals surface area contributed by atoms with E-state index in [4.69, 9.17) is 16.3 Å². The van der Waals surface area contributed by atoms with Gasteiger partial charge < -0.3 is 4.74 Å². The molecule has 0 bridgehead atoms. The molecule has 1 aromatic rings. The number of alkyl halides is 1. The number of thiophene rings is 1. The predicted molar refractivity (Wildman–Crippen MR) is 56.6 cm³/mol. The van der Waals surface area contributed by atoms with Crippen molar-refractivity contribution in [3.8, 4) is 0 Å². The summed E-state index contributed by atoms with van der Waals surface area (Å²) in [5.41, 5.74) is 0. The number of rotatable bonds is 4. The maximum atomic E-state index is 5.84. The van der Waals surface area contributed by atoms with Gasteiger partial charge in [-0.1, -0.05) is 6.07 Å². The van der Waals surface area contributed by atoms with Gasteiger partial charge in [-0.25, -0.2) is 0 Å². The minimum absolute atomic E-state index is 0.367. The lowest BCUT2D eigenvalue weighted by Gasteiger charge is -2.30. The Morgan fingerprint density at radius 2 is 2.38 bits per heavy atom. The Labute approximate surface area is 87.7 Å². The molecule has 0 spiro atoms. The summed E-state index contributed by atoms with van der Waals surface area (Å²) < 4.78 is 5.64. The molecule has 1 aliphatic rings. The monoisotopic (exact) mass is 216 g/mol. The topological polar surface area (TPSA) is 9.23 Å². The zero-order valence-corrected chi connectivity index (χ0v) is 8.98. The summed E-state index contributed by atoms with van der Waals surface area (Å²) in [7, 11) is 0. The molecule has 0 aromatic carbocycles. The summed E-state index contributed by atoms with van der Waals surface area (Å²) in [5.74, 6) is 0. The van der Waals surface area contributed by atoms with Gasteiger partial charge in [-0.2, -0.15) is 0 Å². The molecular weight excluding hydrogens is 204 g/mol. The second kappa shape index (κ2) is 4.45. The molecule has 0 atom stereocenters. The minimum Gasteiger partial charge on any atom is -0.378 e. The summed E-state index contributed by atoms with van der Waals surface area (Å²) in [4.78, 5) is 1.40. The van der Waals surface area contributed by atoms with E-state index in [9.17, 15) is 0 Å². The molecule has 1 heterocycles. The van der Waals surface area contributed by atoms with Gasteiger partial charge in [-0.05, 0) is 24.3 Å². The first-order chi connectivity index (χ1) is 6.34. The van der Waals surface area contributed by atoms with Crippen LogP contribution >= 0.6 is 22.9 Å². The van der Waals surface area contributed by atoms with Gasteiger partial charge in [0.05, 0.1) is 12.7 Å². The molecule has 0 amide bonds. The van der Waals surface area contributed by atoms with Crippen LogP contribution in [0.3, 0.4) is 0 Å². The maximum Gasteiger partial charge on any atom is 0.0603 e. The van der Waals surface area contributed by atoms with Gasteiger partial charge in [0, 0.05) is 16.7 Å². The van der Waals surface area contributed by atoms with Gasteiger partial charge >= 0.3 is 0 Å². The molecule has 0 saturated heterocycles. The Kier molecular flexibility index (Phi) is 3.25. The van der Waals surface area contributed by atoms with Gasteiger partial charge in [0.15, 0.2) is 0 Å². The van der Waals surface area contributed by atoms with Crippen LogP contribution < -0.4 is 0 Å². The highest BCUT2D eigenvalue weighted by atomic mass is 35.5. The fourth-order valence-corrected chi connectivity index (χ4v) is 2.51. The number of ether oxygens (including phenoxy) is 1. The summed E-state index contributed by atoms with van der Waals surface area (Å²) in [6.45, 7) is 0.842. The van der Waals surface area contributed by atoms with Crippen LogP contribution in [0, 0.1) is 0 Å². The van der Waals surface area contributed by atoms with Gasteiger partial charge in [-0.3, -0.25) is 0 Å². The highest BCUT2D eigenvalue weighted by Gasteiger charge is 2.27. The first-order valence-corrected chi connectivity index (χ1v) is 5.94. The Morgan fingerprint density at radius 1 is 1.54 bits per heavy atom. The highest BCUT2D eigenvalue weighted by Crippen LogP contribution is 2.28. The first kappa shape index (κ1) is 9.50. The average Bonchev–Trinajstić information content (AvgIpc) is 2.53. The number of hydrogen-bond donors (Lipinski definition) is 0. The molecule has 1 fully saturated rings. The van der Waals surface area contributed by atoms with E-state index in [2.05, 4.69) is 17.5 Å². The van der Waals surface area contributed by atoms with Crippen LogP contribution in [0.4, 0.5) is 0 Å². The summed E-state index contributed by atoms with van der Waals surface area (Å²) in [6, 6.07) is 4.23. The third-order valence-corrected chi connectivity index (χ3v) is 3.61. The predicted octanol–water partition coefficient (Wildman–Crippen LogP) is 3.08. The van der Waals surface area contributed by atoms with Gasteiger partial charge in [-0.15, -0.1) is 22.9 Å². The van der Waals surface area contributed by atoms with Crippen molar-refractivity contribution in [2.75, 3.05) is 6.61 Å². The van der Waals surface area contributed by atoms with Crippen LogP contribution in [0.1, 0.15) is 17.7 Å². The Hall–Kier alpha value is -0.0500. The van der Waals surface area contributed by atoms with Crippen molar-refractivity contribution in [3.63, 3.8) is 0 Å². The zero-order chi connectivity index (χ0) is 9.10. The van der Waals surface area contributed by atoms with Gasteiger partial charge in [0.1, 0.15) is 0 Å². The lowest BCUT2D eigenvalue weighted by atomic mass is 9.95. The van der Waals surface area contributed by atoms with Crippen molar-refractivity contribution in [1.29, 1.82) is 0 Å². The second-order valence-electron chi connectivity index (χ2n) is 3.39. The minimum atomic E-state index is 0.367. The molecule has 13 heavy (non-hydrogen) atoms. The van der Waals surface area contributed by atoms with Crippen molar-refractivity contribution >= 4 is 22.9 Å². The SMILES string of the molecule is ClC1CC(OCCc2cccs2)C1. The maximum absolute atomic E-state index is 5.84. The normalized spacial score (nSPS) is 27.2. The van der Waals surface area contributed by atoms with E-state index in [0.717, 1.165) is 25.9 Å². The molecule has 0 unspecified atom stereocenters. The van der Waals surface area contributed by atoms with E-state index in [1.807, 2.05) is 0 Å². The van der Waals surface area contributed by atoms with Crippen LogP contribution in [-0.4, -0.2) is 18.1 Å². The van der Waals surface area contributed by atoms with Crippen molar-refractivity contribution in [2.24, 2.45) is 0 Å². The molecule has 2 rings (SSSR count). The number of halogens is 1. The molecule has 1 aliphatic carbocycles. The fraction of sp³-hybridized carbons (Fsp3) is 0.600. The molecule has 1 aromatic heterocycles. The average molecular weight is 217 g/mol. The van der Waals surface area contributed by atoms with Crippen molar-refractivity contribution in [2.45, 2.75) is 30.7 Å². The quantitative estimate of drug-likeness (QED) is 0.703. The zero-order valence-electron chi connectivity index (χ0n) is 7.41. The molecule has 1 nitrogen and oxygen atoms in total. The van der Waals surface area contributed by atoms with E-state index < -0.39 is 0 Å². The van der Waals surface area contributed by atoms with Crippen LogP contribution in [0.2, 0.25) is 0 Å². The molecule has 0 radical (unpaired) electrons. The summed E-state index contributed by atoms with van der Waals surface area (Å²) in [6.07, 6.45) is 3.54. The Bertz CT molecular complexity index is 241. The van der Waals surface area contributed by atoms with E-state index in [1.165, 1.54) is 4.88 Å². The van der Waals surface area contributed by atoms with Gasteiger partial charge in [0.25, 0.3) is 0 Å². The van der Waals surface area contributed by atoms with Crippen LogP contribution in [0.5, 0.6) is 0 Å². The highest BCUT2D eigenvalue weighted by molar-refractivity contribution is 7.09. The lowest BCUT2D eigenvalue weighted by molar-refractivity contribution is 0.00691. The molecule has 72 valence electrons. The fourth-order valence-electron chi connectivity index (χ4n) is 1.42. The smallest absolute Gasteiger partial charge is 0.0603 e. The van der Waals surface area contributed by atoms with Crippen LogP contribution in [0.25, 0.3) is 0 Å². The van der Waals surface area contributed by atoms with E-state index in [-0.39, 0.29) is 0 Å². The van der Waals surface area contributed by atoms with Crippen molar-refractivity contribution < 1.29 is 4.74 Å². The first-order valence-electron chi connectivity index (χ1n) is 4.62. The molecular formula is C10H13ClOS. The van der Waals surface area contributed by atoms with E-state index in [0.29, 0.717) is 11.5 Å². The summed E-state index contributed by atoms with van der Waals surface area (Å²) >= 11 is 7.64. The summed E-state index contributed by atoms with van der Waals surface area (Å²) in [5, 5.41) is 2.47. The van der Waals surface area contributed by atoms with Crippen LogP contribution in [0.15, 0.2) is 17.5 Å². The second-order valence-corrected chi connectivity index (χ2v) is 5.04.